The number of hydrogen-bond acceptors (Lipinski definition) is 4. The molecule has 10 rings (SSSR count). The Labute approximate surface area is 263 Å². The Balaban J connectivity index is 1.18. The largest absolute Gasteiger partial charge is 0.456 e. The van der Waals surface area contributed by atoms with E-state index < -0.39 is 0 Å². The molecule has 7 aromatic carbocycles. The van der Waals surface area contributed by atoms with Crippen LogP contribution in [0.15, 0.2) is 160 Å². The number of nitrogens with zero attached hydrogens (tertiary/aromatic N) is 3. The zero-order valence-corrected chi connectivity index (χ0v) is 24.6. The Hall–Kier alpha value is -6.33. The van der Waals surface area contributed by atoms with Gasteiger partial charge in [-0.2, -0.15) is 4.98 Å². The van der Waals surface area contributed by atoms with Gasteiger partial charge in [0.15, 0.2) is 5.58 Å². The monoisotopic (exact) mass is 591 g/mol. The molecule has 0 amide bonds. The van der Waals surface area contributed by atoms with E-state index in [1.54, 1.807) is 0 Å². The fourth-order valence-electron chi connectivity index (χ4n) is 6.92. The first-order valence-electron chi connectivity index (χ1n) is 15.4. The molecule has 3 heterocycles. The third-order valence-electron chi connectivity index (χ3n) is 9.03. The van der Waals surface area contributed by atoms with E-state index in [4.69, 9.17) is 13.8 Å². The number of hydrogen-bond donors (Lipinski definition) is 0. The molecule has 0 saturated carbocycles. The number of para-hydroxylation sites is 3. The summed E-state index contributed by atoms with van der Waals surface area (Å²) >= 11 is 0. The van der Waals surface area contributed by atoms with Crippen LogP contribution < -0.4 is 4.90 Å². The summed E-state index contributed by atoms with van der Waals surface area (Å²) in [5, 5.41) is 6.79. The number of aromatic nitrogens is 2. The zero-order valence-electron chi connectivity index (χ0n) is 24.6. The normalized spacial score (nSPS) is 11.9. The Bertz CT molecular complexity index is 2710. The van der Waals surface area contributed by atoms with Crippen LogP contribution in [0.3, 0.4) is 0 Å². The van der Waals surface area contributed by atoms with Gasteiger partial charge in [0.2, 0.25) is 0 Å². The van der Waals surface area contributed by atoms with Gasteiger partial charge in [-0.15, -0.1) is 0 Å². The van der Waals surface area contributed by atoms with Crippen molar-refractivity contribution in [3.05, 3.63) is 152 Å². The summed E-state index contributed by atoms with van der Waals surface area (Å²) in [6.07, 6.45) is 0. The molecule has 0 saturated heterocycles. The van der Waals surface area contributed by atoms with Gasteiger partial charge < -0.3 is 13.4 Å². The van der Waals surface area contributed by atoms with E-state index in [1.165, 1.54) is 21.8 Å². The molecule has 216 valence electrons. The van der Waals surface area contributed by atoms with Crippen LogP contribution in [-0.2, 0) is 0 Å². The minimum absolute atomic E-state index is 0.503. The fourth-order valence-corrected chi connectivity index (χ4v) is 6.92. The Morgan fingerprint density at radius 2 is 1.07 bits per heavy atom. The molecule has 5 heteroatoms. The van der Waals surface area contributed by atoms with Crippen molar-refractivity contribution in [2.75, 3.05) is 4.90 Å². The molecule has 0 aliphatic heterocycles. The van der Waals surface area contributed by atoms with Crippen molar-refractivity contribution in [1.82, 2.24) is 9.55 Å². The highest BCUT2D eigenvalue weighted by atomic mass is 16.4. The van der Waals surface area contributed by atoms with Crippen molar-refractivity contribution in [2.45, 2.75) is 0 Å². The first kappa shape index (κ1) is 25.0. The summed E-state index contributed by atoms with van der Waals surface area (Å²) in [5.74, 6) is 0. The summed E-state index contributed by atoms with van der Waals surface area (Å²) in [6.45, 7) is 0. The summed E-state index contributed by atoms with van der Waals surface area (Å²) in [4.78, 5) is 7.20. The second-order valence-corrected chi connectivity index (χ2v) is 11.6. The number of rotatable bonds is 4. The molecule has 0 unspecified atom stereocenters. The number of benzene rings is 7. The van der Waals surface area contributed by atoms with Crippen LogP contribution >= 0.6 is 0 Å². The molecule has 0 fully saturated rings. The molecule has 0 atom stereocenters. The second kappa shape index (κ2) is 9.58. The lowest BCUT2D eigenvalue weighted by molar-refractivity contribution is 0.608. The maximum Gasteiger partial charge on any atom is 0.307 e. The van der Waals surface area contributed by atoms with Gasteiger partial charge in [0.1, 0.15) is 16.7 Å². The molecular formula is C41H25N3O2. The van der Waals surface area contributed by atoms with Crippen molar-refractivity contribution in [2.24, 2.45) is 0 Å². The Morgan fingerprint density at radius 3 is 1.85 bits per heavy atom. The van der Waals surface area contributed by atoms with Crippen molar-refractivity contribution in [3.63, 3.8) is 0 Å². The molecule has 0 radical (unpaired) electrons. The van der Waals surface area contributed by atoms with E-state index in [2.05, 4.69) is 119 Å². The molecule has 46 heavy (non-hydrogen) atoms. The third-order valence-corrected chi connectivity index (χ3v) is 9.03. The lowest BCUT2D eigenvalue weighted by atomic mass is 10.1. The summed E-state index contributed by atoms with van der Waals surface area (Å²) in [7, 11) is 0. The van der Waals surface area contributed by atoms with Crippen LogP contribution in [0.4, 0.5) is 17.4 Å². The highest BCUT2D eigenvalue weighted by Crippen LogP contribution is 2.41. The SMILES string of the molecule is c1ccc2c(c1)ccc1oc(N(c3ccc(-n4c5ccccc5c5ccccc54)cc3)c3ccc4oc5ccccc5c4c3)nc12. The van der Waals surface area contributed by atoms with Crippen LogP contribution in [0.1, 0.15) is 0 Å². The maximum atomic E-state index is 6.53. The van der Waals surface area contributed by atoms with Gasteiger partial charge in [-0.25, -0.2) is 0 Å². The maximum absolute atomic E-state index is 6.53. The van der Waals surface area contributed by atoms with Gasteiger partial charge in [-0.1, -0.05) is 84.9 Å². The van der Waals surface area contributed by atoms with Crippen LogP contribution in [0, 0.1) is 0 Å². The summed E-state index contributed by atoms with van der Waals surface area (Å²) < 4.78 is 15.0. The minimum Gasteiger partial charge on any atom is -0.456 e. The minimum atomic E-state index is 0.503. The highest BCUT2D eigenvalue weighted by molar-refractivity contribution is 6.10. The van der Waals surface area contributed by atoms with Crippen molar-refractivity contribution >= 4 is 83.0 Å². The predicted octanol–water partition coefficient (Wildman–Crippen LogP) is 11.4. The molecule has 5 nitrogen and oxygen atoms in total. The molecular weight excluding hydrogens is 566 g/mol. The standard InChI is InChI=1S/C41H25N3O2/c1-2-10-30-26(9-1)17-23-39-40(30)42-41(46-39)43(29-22-24-38-34(25-29)33-13-5-8-16-37(33)45-38)27-18-20-28(21-19-27)44-35-14-6-3-11-31(35)32-12-4-7-15-36(32)44/h1-25H. The topological polar surface area (TPSA) is 47.3 Å². The highest BCUT2D eigenvalue weighted by Gasteiger charge is 2.22. The van der Waals surface area contributed by atoms with Gasteiger partial charge in [-0.05, 0) is 72.1 Å². The average molecular weight is 592 g/mol. The molecule has 10 aromatic rings. The summed E-state index contributed by atoms with van der Waals surface area (Å²) in [6, 6.07) is 53.1. The van der Waals surface area contributed by atoms with Gasteiger partial charge in [0.25, 0.3) is 0 Å². The lowest BCUT2D eigenvalue weighted by Gasteiger charge is -2.21. The Morgan fingerprint density at radius 1 is 0.457 bits per heavy atom. The average Bonchev–Trinajstić information content (AvgIpc) is 3.81. The number of oxazole rings is 1. The van der Waals surface area contributed by atoms with Gasteiger partial charge in [0, 0.05) is 32.6 Å². The second-order valence-electron chi connectivity index (χ2n) is 11.6. The molecule has 0 bridgehead atoms. The summed E-state index contributed by atoms with van der Waals surface area (Å²) in [5.41, 5.74) is 8.60. The molecule has 0 aliphatic carbocycles. The lowest BCUT2D eigenvalue weighted by Crippen LogP contribution is -2.10. The van der Waals surface area contributed by atoms with E-state index >= 15 is 0 Å². The molecule has 0 spiro atoms. The quantitative estimate of drug-likeness (QED) is 0.204. The van der Waals surface area contributed by atoms with Crippen molar-refractivity contribution in [3.8, 4) is 5.69 Å². The predicted molar refractivity (Wildman–Crippen MR) is 188 cm³/mol. The fraction of sp³-hybridized carbons (Fsp3) is 0. The van der Waals surface area contributed by atoms with E-state index in [9.17, 15) is 0 Å². The van der Waals surface area contributed by atoms with Crippen molar-refractivity contribution in [1.29, 1.82) is 0 Å². The van der Waals surface area contributed by atoms with Gasteiger partial charge in [-0.3, -0.25) is 4.90 Å². The smallest absolute Gasteiger partial charge is 0.307 e. The van der Waals surface area contributed by atoms with Crippen LogP contribution in [0.5, 0.6) is 0 Å². The van der Waals surface area contributed by atoms with Crippen molar-refractivity contribution < 1.29 is 8.83 Å². The number of fused-ring (bicyclic) bond motifs is 9. The Kier molecular flexibility index (Phi) is 5.22. The van der Waals surface area contributed by atoms with Gasteiger partial charge in [0.05, 0.1) is 22.4 Å². The van der Waals surface area contributed by atoms with E-state index in [-0.39, 0.29) is 0 Å². The molecule has 0 aliphatic rings. The zero-order chi connectivity index (χ0) is 30.2. The number of anilines is 3. The van der Waals surface area contributed by atoms with Crippen LogP contribution in [0.2, 0.25) is 0 Å². The first-order valence-corrected chi connectivity index (χ1v) is 15.4. The van der Waals surface area contributed by atoms with Crippen LogP contribution in [-0.4, -0.2) is 9.55 Å². The third kappa shape index (κ3) is 3.66. The van der Waals surface area contributed by atoms with E-state index in [1.807, 2.05) is 42.5 Å². The molecule has 0 N–H and O–H groups in total. The first-order chi connectivity index (χ1) is 22.8. The van der Waals surface area contributed by atoms with Crippen LogP contribution in [0.25, 0.3) is 71.3 Å². The van der Waals surface area contributed by atoms with E-state index in [0.717, 1.165) is 60.9 Å². The number of furan rings is 1. The van der Waals surface area contributed by atoms with E-state index in [0.29, 0.717) is 6.01 Å². The van der Waals surface area contributed by atoms with Gasteiger partial charge >= 0.3 is 6.01 Å². The molecule has 3 aromatic heterocycles.